The lowest BCUT2D eigenvalue weighted by molar-refractivity contribution is -0.122. The van der Waals surface area contributed by atoms with E-state index in [0.717, 1.165) is 16.7 Å². The maximum atomic E-state index is 11.5. The Balaban J connectivity index is 1.72. The molecule has 0 radical (unpaired) electrons. The van der Waals surface area contributed by atoms with E-state index < -0.39 is 5.60 Å². The standard InChI is InChI=1S/C16H21N5O2/c17-6-3-14(22)20-10-16(23)5-9-21(11-16)13-4-8-18-12-2-1-7-19-15(12)13/h1-2,4,7-8,23H,3,5-6,9-11,17H2,(H,20,22)/t16-/m1/s1. The normalized spacial score (nSPS) is 20.9. The average Bonchev–Trinajstić information content (AvgIpc) is 2.95. The van der Waals surface area contributed by atoms with E-state index in [1.54, 1.807) is 12.4 Å². The highest BCUT2D eigenvalue weighted by molar-refractivity contribution is 5.87. The van der Waals surface area contributed by atoms with Gasteiger partial charge < -0.3 is 21.1 Å². The lowest BCUT2D eigenvalue weighted by atomic mass is 10.0. The van der Waals surface area contributed by atoms with Crippen molar-refractivity contribution in [3.05, 3.63) is 30.6 Å². The Labute approximate surface area is 134 Å². The first kappa shape index (κ1) is 15.6. The van der Waals surface area contributed by atoms with Crippen molar-refractivity contribution in [2.45, 2.75) is 18.4 Å². The minimum absolute atomic E-state index is 0.129. The van der Waals surface area contributed by atoms with E-state index in [1.807, 2.05) is 18.2 Å². The third-order valence-electron chi connectivity index (χ3n) is 4.13. The maximum absolute atomic E-state index is 11.5. The Morgan fingerprint density at radius 1 is 1.39 bits per heavy atom. The zero-order valence-electron chi connectivity index (χ0n) is 12.9. The van der Waals surface area contributed by atoms with Crippen molar-refractivity contribution in [1.29, 1.82) is 0 Å². The summed E-state index contributed by atoms with van der Waals surface area (Å²) < 4.78 is 0. The first-order chi connectivity index (χ1) is 11.1. The lowest BCUT2D eigenvalue weighted by Gasteiger charge is -2.25. The highest BCUT2D eigenvalue weighted by atomic mass is 16.3. The van der Waals surface area contributed by atoms with Gasteiger partial charge >= 0.3 is 0 Å². The summed E-state index contributed by atoms with van der Waals surface area (Å²) in [6.45, 7) is 1.70. The molecule has 1 aliphatic rings. The third-order valence-corrected chi connectivity index (χ3v) is 4.13. The van der Waals surface area contributed by atoms with E-state index in [4.69, 9.17) is 5.73 Å². The monoisotopic (exact) mass is 315 g/mol. The number of pyridine rings is 2. The Morgan fingerprint density at radius 3 is 3.09 bits per heavy atom. The Hall–Kier alpha value is -2.25. The van der Waals surface area contributed by atoms with Crippen LogP contribution in [-0.2, 0) is 4.79 Å². The number of carbonyl (C=O) groups is 1. The number of carbonyl (C=O) groups excluding carboxylic acids is 1. The second-order valence-corrected chi connectivity index (χ2v) is 5.91. The molecule has 1 fully saturated rings. The van der Waals surface area contributed by atoms with Crippen LogP contribution in [0.4, 0.5) is 5.69 Å². The van der Waals surface area contributed by atoms with Crippen LogP contribution in [0.5, 0.6) is 0 Å². The van der Waals surface area contributed by atoms with Crippen LogP contribution >= 0.6 is 0 Å². The Morgan fingerprint density at radius 2 is 2.26 bits per heavy atom. The molecule has 0 aliphatic carbocycles. The highest BCUT2D eigenvalue weighted by Crippen LogP contribution is 2.30. The van der Waals surface area contributed by atoms with E-state index in [-0.39, 0.29) is 18.9 Å². The van der Waals surface area contributed by atoms with Crippen molar-refractivity contribution in [3.8, 4) is 0 Å². The van der Waals surface area contributed by atoms with Crippen molar-refractivity contribution >= 4 is 22.6 Å². The zero-order chi connectivity index (χ0) is 16.3. The summed E-state index contributed by atoms with van der Waals surface area (Å²) >= 11 is 0. The molecule has 3 heterocycles. The quantitative estimate of drug-likeness (QED) is 0.719. The van der Waals surface area contributed by atoms with Gasteiger partial charge in [0.15, 0.2) is 0 Å². The number of nitrogens with two attached hydrogens (primary N) is 1. The summed E-state index contributed by atoms with van der Waals surface area (Å²) in [6, 6.07) is 5.68. The van der Waals surface area contributed by atoms with Gasteiger partial charge in [0.05, 0.1) is 11.2 Å². The molecule has 4 N–H and O–H groups in total. The number of rotatable bonds is 5. The summed E-state index contributed by atoms with van der Waals surface area (Å²) in [5, 5.41) is 13.4. The molecule has 2 aromatic rings. The molecule has 0 spiro atoms. The summed E-state index contributed by atoms with van der Waals surface area (Å²) in [5.41, 5.74) is 7.03. The number of nitrogens with zero attached hydrogens (tertiary/aromatic N) is 3. The lowest BCUT2D eigenvalue weighted by Crippen LogP contribution is -2.45. The third kappa shape index (κ3) is 3.40. The fraction of sp³-hybridized carbons (Fsp3) is 0.438. The van der Waals surface area contributed by atoms with Crippen LogP contribution in [0.1, 0.15) is 12.8 Å². The fourth-order valence-electron chi connectivity index (χ4n) is 2.91. The molecule has 0 bridgehead atoms. The molecule has 0 aromatic carbocycles. The van der Waals surface area contributed by atoms with Gasteiger partial charge in [-0.3, -0.25) is 14.8 Å². The zero-order valence-corrected chi connectivity index (χ0v) is 12.9. The first-order valence-electron chi connectivity index (χ1n) is 7.75. The highest BCUT2D eigenvalue weighted by Gasteiger charge is 2.37. The maximum Gasteiger partial charge on any atom is 0.221 e. The van der Waals surface area contributed by atoms with Crippen LogP contribution < -0.4 is 16.0 Å². The van der Waals surface area contributed by atoms with Gasteiger partial charge in [0, 0.05) is 45.0 Å². The van der Waals surface area contributed by atoms with E-state index in [2.05, 4.69) is 20.2 Å². The van der Waals surface area contributed by atoms with Crippen LogP contribution in [0.3, 0.4) is 0 Å². The Kier molecular flexibility index (Phi) is 4.40. The number of nitrogens with one attached hydrogen (secondary N) is 1. The predicted molar refractivity (Wildman–Crippen MR) is 88.0 cm³/mol. The van der Waals surface area contributed by atoms with Gasteiger partial charge in [-0.25, -0.2) is 0 Å². The molecular formula is C16H21N5O2. The van der Waals surface area contributed by atoms with Crippen LogP contribution in [0.2, 0.25) is 0 Å². The van der Waals surface area contributed by atoms with Crippen LogP contribution in [0.25, 0.3) is 11.0 Å². The number of anilines is 1. The minimum Gasteiger partial charge on any atom is -0.386 e. The number of hydrogen-bond donors (Lipinski definition) is 3. The van der Waals surface area contributed by atoms with Crippen LogP contribution in [0.15, 0.2) is 30.6 Å². The number of aromatic nitrogens is 2. The molecule has 7 nitrogen and oxygen atoms in total. The number of fused-ring (bicyclic) bond motifs is 1. The number of β-amino-alcohol motifs (C(OH)–C–C–N with tert-alkyl or cyclic N) is 1. The fourth-order valence-corrected chi connectivity index (χ4v) is 2.91. The second-order valence-electron chi connectivity index (χ2n) is 5.91. The van der Waals surface area contributed by atoms with Crippen LogP contribution in [0, 0.1) is 0 Å². The van der Waals surface area contributed by atoms with Crippen molar-refractivity contribution < 1.29 is 9.90 Å². The van der Waals surface area contributed by atoms with Gasteiger partial charge in [0.1, 0.15) is 11.1 Å². The van der Waals surface area contributed by atoms with E-state index in [0.29, 0.717) is 26.1 Å². The van der Waals surface area contributed by atoms with Gasteiger partial charge in [-0.15, -0.1) is 0 Å². The summed E-state index contributed by atoms with van der Waals surface area (Å²) in [7, 11) is 0. The molecule has 7 heteroatoms. The van der Waals surface area contributed by atoms with E-state index in [1.165, 1.54) is 0 Å². The number of amides is 1. The molecule has 1 saturated heterocycles. The molecule has 1 atom stereocenters. The van der Waals surface area contributed by atoms with Crippen molar-refractivity contribution in [2.75, 3.05) is 31.1 Å². The molecule has 2 aromatic heterocycles. The SMILES string of the molecule is NCCC(=O)NC[C@]1(O)CCN(c2ccnc3cccnc23)C1. The smallest absolute Gasteiger partial charge is 0.221 e. The van der Waals surface area contributed by atoms with Crippen molar-refractivity contribution in [3.63, 3.8) is 0 Å². The minimum atomic E-state index is -0.936. The van der Waals surface area contributed by atoms with Gasteiger partial charge in [0.25, 0.3) is 0 Å². The summed E-state index contributed by atoms with van der Waals surface area (Å²) in [4.78, 5) is 22.3. The van der Waals surface area contributed by atoms with Crippen molar-refractivity contribution in [1.82, 2.24) is 15.3 Å². The summed E-state index contributed by atoms with van der Waals surface area (Å²) in [5.74, 6) is -0.129. The van der Waals surface area contributed by atoms with Gasteiger partial charge in [-0.1, -0.05) is 0 Å². The topological polar surface area (TPSA) is 104 Å². The van der Waals surface area contributed by atoms with Crippen LogP contribution in [-0.4, -0.2) is 52.8 Å². The molecule has 1 amide bonds. The molecule has 0 saturated carbocycles. The van der Waals surface area contributed by atoms with Gasteiger partial charge in [-0.2, -0.15) is 0 Å². The predicted octanol–water partition coefficient (Wildman–Crippen LogP) is 0.0360. The second kappa shape index (κ2) is 6.47. The molecule has 0 unspecified atom stereocenters. The van der Waals surface area contributed by atoms with E-state index >= 15 is 0 Å². The molecular weight excluding hydrogens is 294 g/mol. The van der Waals surface area contributed by atoms with Crippen molar-refractivity contribution in [2.24, 2.45) is 5.73 Å². The summed E-state index contributed by atoms with van der Waals surface area (Å²) in [6.07, 6.45) is 4.35. The average molecular weight is 315 g/mol. The molecule has 3 rings (SSSR count). The molecule has 122 valence electrons. The largest absolute Gasteiger partial charge is 0.386 e. The van der Waals surface area contributed by atoms with Gasteiger partial charge in [-0.05, 0) is 24.6 Å². The van der Waals surface area contributed by atoms with Gasteiger partial charge in [0.2, 0.25) is 5.91 Å². The molecule has 23 heavy (non-hydrogen) atoms. The van der Waals surface area contributed by atoms with E-state index in [9.17, 15) is 9.90 Å². The molecule has 1 aliphatic heterocycles. The first-order valence-corrected chi connectivity index (χ1v) is 7.75. The number of aliphatic hydroxyl groups is 1. The Bertz CT molecular complexity index is 702. The number of hydrogen-bond acceptors (Lipinski definition) is 6.